The standard InChI is InChI=1S/C16H11F4N3O3S2/c17-12-3-1-8(6-11(12)16(18,19)20)5-10-7-9(14-22-15(24)27-23-14)2-4-13(10)28(21,25)26/h1-4,6-7H,5H2,(H2,21,25,26)(H,22,23,24). The van der Waals surface area contributed by atoms with E-state index in [0.717, 1.165) is 6.07 Å². The molecule has 3 rings (SSSR count). The molecule has 0 atom stereocenters. The number of nitrogens with two attached hydrogens (primary N) is 1. The first-order chi connectivity index (χ1) is 12.9. The summed E-state index contributed by atoms with van der Waals surface area (Å²) in [6, 6.07) is 6.28. The number of aromatic nitrogens is 2. The Kier molecular flexibility index (Phi) is 5.12. The highest BCUT2D eigenvalue weighted by atomic mass is 32.2. The SMILES string of the molecule is NS(=O)(=O)c1ccc(-c2nsc(=O)[nH]2)cc1Cc1ccc(F)c(C(F)(F)F)c1. The van der Waals surface area contributed by atoms with E-state index in [1.807, 2.05) is 0 Å². The third kappa shape index (κ3) is 4.29. The lowest BCUT2D eigenvalue weighted by Gasteiger charge is -2.12. The quantitative estimate of drug-likeness (QED) is 0.617. The summed E-state index contributed by atoms with van der Waals surface area (Å²) in [5.74, 6) is -1.26. The van der Waals surface area contributed by atoms with E-state index in [4.69, 9.17) is 5.14 Å². The van der Waals surface area contributed by atoms with Crippen LogP contribution in [0.3, 0.4) is 0 Å². The van der Waals surface area contributed by atoms with Crippen molar-refractivity contribution in [2.24, 2.45) is 5.14 Å². The van der Waals surface area contributed by atoms with E-state index >= 15 is 0 Å². The molecule has 28 heavy (non-hydrogen) atoms. The Labute approximate surface area is 159 Å². The van der Waals surface area contributed by atoms with Gasteiger partial charge in [0.25, 0.3) is 0 Å². The van der Waals surface area contributed by atoms with Gasteiger partial charge in [0.2, 0.25) is 10.0 Å². The maximum absolute atomic E-state index is 13.5. The van der Waals surface area contributed by atoms with Gasteiger partial charge in [0, 0.05) is 17.1 Å². The minimum Gasteiger partial charge on any atom is -0.296 e. The zero-order valence-corrected chi connectivity index (χ0v) is 15.4. The lowest BCUT2D eigenvalue weighted by Crippen LogP contribution is -2.15. The molecular formula is C16H11F4N3O3S2. The van der Waals surface area contributed by atoms with Gasteiger partial charge in [0.15, 0.2) is 5.82 Å². The molecule has 148 valence electrons. The van der Waals surface area contributed by atoms with Crippen molar-refractivity contribution >= 4 is 21.6 Å². The second-order valence-corrected chi connectivity index (χ2v) is 8.07. The number of nitrogens with zero attached hydrogens (tertiary/aromatic N) is 1. The molecule has 0 spiro atoms. The minimum atomic E-state index is -4.90. The molecule has 0 fully saturated rings. The van der Waals surface area contributed by atoms with Crippen molar-refractivity contribution in [3.8, 4) is 11.4 Å². The fourth-order valence-corrected chi connectivity index (χ4v) is 3.84. The number of hydrogen-bond donors (Lipinski definition) is 2. The smallest absolute Gasteiger partial charge is 0.296 e. The summed E-state index contributed by atoms with van der Waals surface area (Å²) < 4.78 is 79.8. The summed E-state index contributed by atoms with van der Waals surface area (Å²) in [4.78, 5) is 13.0. The Hall–Kier alpha value is -2.57. The van der Waals surface area contributed by atoms with Crippen LogP contribution in [-0.4, -0.2) is 17.8 Å². The van der Waals surface area contributed by atoms with E-state index in [1.165, 1.54) is 18.2 Å². The number of primary sulfonamides is 1. The molecule has 2 aromatic carbocycles. The number of benzene rings is 2. The van der Waals surface area contributed by atoms with E-state index in [2.05, 4.69) is 9.36 Å². The highest BCUT2D eigenvalue weighted by Gasteiger charge is 2.34. The molecule has 0 saturated heterocycles. The Morgan fingerprint density at radius 2 is 1.86 bits per heavy atom. The molecule has 0 aliphatic carbocycles. The maximum atomic E-state index is 13.5. The molecule has 0 aliphatic rings. The Morgan fingerprint density at radius 3 is 2.43 bits per heavy atom. The predicted molar refractivity (Wildman–Crippen MR) is 93.8 cm³/mol. The number of sulfonamides is 1. The van der Waals surface area contributed by atoms with Crippen LogP contribution in [0.4, 0.5) is 17.6 Å². The average Bonchev–Trinajstić information content (AvgIpc) is 3.01. The van der Waals surface area contributed by atoms with Gasteiger partial charge in [-0.2, -0.15) is 17.5 Å². The molecule has 6 nitrogen and oxygen atoms in total. The molecule has 1 aromatic heterocycles. The fraction of sp³-hybridized carbons (Fsp3) is 0.125. The van der Waals surface area contributed by atoms with Crippen molar-refractivity contribution in [2.45, 2.75) is 17.5 Å². The first kappa shape index (κ1) is 20.2. The molecular weight excluding hydrogens is 422 g/mol. The highest BCUT2D eigenvalue weighted by molar-refractivity contribution is 7.89. The van der Waals surface area contributed by atoms with Gasteiger partial charge in [-0.25, -0.2) is 17.9 Å². The van der Waals surface area contributed by atoms with E-state index in [-0.39, 0.29) is 28.3 Å². The van der Waals surface area contributed by atoms with Crippen LogP contribution in [0, 0.1) is 5.82 Å². The van der Waals surface area contributed by atoms with Crippen LogP contribution >= 0.6 is 11.5 Å². The Bertz CT molecular complexity index is 1200. The van der Waals surface area contributed by atoms with E-state index in [1.54, 1.807) is 0 Å². The zero-order valence-electron chi connectivity index (χ0n) is 13.7. The fourth-order valence-electron chi connectivity index (χ4n) is 2.62. The first-order valence-corrected chi connectivity index (χ1v) is 9.85. The molecule has 3 N–H and O–H groups in total. The molecule has 0 saturated carbocycles. The maximum Gasteiger partial charge on any atom is 0.419 e. The van der Waals surface area contributed by atoms with Gasteiger partial charge in [0.1, 0.15) is 5.82 Å². The van der Waals surface area contributed by atoms with Crippen molar-refractivity contribution in [1.82, 2.24) is 9.36 Å². The lowest BCUT2D eigenvalue weighted by atomic mass is 10.0. The van der Waals surface area contributed by atoms with E-state index in [0.29, 0.717) is 29.2 Å². The topological polar surface area (TPSA) is 106 Å². The van der Waals surface area contributed by atoms with Crippen molar-refractivity contribution in [2.75, 3.05) is 0 Å². The zero-order chi connectivity index (χ0) is 20.7. The predicted octanol–water partition coefficient (Wildman–Crippen LogP) is 2.89. The van der Waals surface area contributed by atoms with Crippen LogP contribution in [0.15, 0.2) is 46.1 Å². The van der Waals surface area contributed by atoms with Crippen molar-refractivity contribution < 1.29 is 26.0 Å². The second-order valence-electron chi connectivity index (χ2n) is 5.80. The molecule has 0 radical (unpaired) electrons. The van der Waals surface area contributed by atoms with Crippen LogP contribution in [-0.2, 0) is 22.6 Å². The first-order valence-electron chi connectivity index (χ1n) is 7.53. The van der Waals surface area contributed by atoms with Gasteiger partial charge in [-0.15, -0.1) is 0 Å². The van der Waals surface area contributed by atoms with E-state index in [9.17, 15) is 30.8 Å². The summed E-state index contributed by atoms with van der Waals surface area (Å²) in [7, 11) is -4.18. The summed E-state index contributed by atoms with van der Waals surface area (Å²) in [6.07, 6.45) is -5.16. The van der Waals surface area contributed by atoms with Crippen molar-refractivity contribution in [3.63, 3.8) is 0 Å². The van der Waals surface area contributed by atoms with Crippen LogP contribution < -0.4 is 10.0 Å². The second kappa shape index (κ2) is 7.11. The number of hydrogen-bond acceptors (Lipinski definition) is 5. The van der Waals surface area contributed by atoms with Crippen molar-refractivity contribution in [1.29, 1.82) is 0 Å². The molecule has 0 aliphatic heterocycles. The number of nitrogens with one attached hydrogen (secondary N) is 1. The summed E-state index contributed by atoms with van der Waals surface area (Å²) in [5, 5.41) is 5.19. The van der Waals surface area contributed by atoms with Crippen LogP contribution in [0.2, 0.25) is 0 Å². The monoisotopic (exact) mass is 433 g/mol. The van der Waals surface area contributed by atoms with Gasteiger partial charge in [0.05, 0.1) is 10.5 Å². The van der Waals surface area contributed by atoms with E-state index < -0.39 is 32.5 Å². The lowest BCUT2D eigenvalue weighted by molar-refractivity contribution is -0.140. The molecule has 1 heterocycles. The molecule has 12 heteroatoms. The van der Waals surface area contributed by atoms with Gasteiger partial charge in [-0.05, 0) is 47.9 Å². The molecule has 0 bridgehead atoms. The van der Waals surface area contributed by atoms with Gasteiger partial charge < -0.3 is 0 Å². The minimum absolute atomic E-state index is 0.0301. The normalized spacial score (nSPS) is 12.3. The summed E-state index contributed by atoms with van der Waals surface area (Å²) >= 11 is 0.654. The third-order valence-corrected chi connectivity index (χ3v) is 5.36. The molecule has 0 amide bonds. The number of H-pyrrole nitrogens is 1. The Balaban J connectivity index is 2.11. The highest BCUT2D eigenvalue weighted by Crippen LogP contribution is 2.33. The number of halogens is 4. The van der Waals surface area contributed by atoms with Crippen LogP contribution in [0.25, 0.3) is 11.4 Å². The number of rotatable bonds is 4. The summed E-state index contributed by atoms with van der Waals surface area (Å²) in [5.41, 5.74) is -1.00. The largest absolute Gasteiger partial charge is 0.419 e. The molecule has 3 aromatic rings. The summed E-state index contributed by atoms with van der Waals surface area (Å²) in [6.45, 7) is 0. The van der Waals surface area contributed by atoms with Gasteiger partial charge in [-0.1, -0.05) is 6.07 Å². The van der Waals surface area contributed by atoms with Gasteiger partial charge >= 0.3 is 11.0 Å². The number of alkyl halides is 3. The molecule has 0 unspecified atom stereocenters. The van der Waals surface area contributed by atoms with Gasteiger partial charge in [-0.3, -0.25) is 9.78 Å². The van der Waals surface area contributed by atoms with Crippen LogP contribution in [0.5, 0.6) is 0 Å². The average molecular weight is 433 g/mol. The van der Waals surface area contributed by atoms with Crippen LogP contribution in [0.1, 0.15) is 16.7 Å². The Morgan fingerprint density at radius 1 is 1.14 bits per heavy atom. The number of aromatic amines is 1. The van der Waals surface area contributed by atoms with Crippen molar-refractivity contribution in [3.05, 3.63) is 68.6 Å². The third-order valence-electron chi connectivity index (χ3n) is 3.81.